The normalized spacial score (nSPS) is 19.3. The van der Waals surface area contributed by atoms with Gasteiger partial charge in [-0.2, -0.15) is 0 Å². The summed E-state index contributed by atoms with van der Waals surface area (Å²) < 4.78 is 5.46. The van der Waals surface area contributed by atoms with Crippen molar-refractivity contribution in [2.45, 2.75) is 63.1 Å². The van der Waals surface area contributed by atoms with Gasteiger partial charge < -0.3 is 25.9 Å². The van der Waals surface area contributed by atoms with Gasteiger partial charge in [0.25, 0.3) is 0 Å². The van der Waals surface area contributed by atoms with Crippen LogP contribution in [0.2, 0.25) is 5.02 Å². The van der Waals surface area contributed by atoms with Crippen LogP contribution < -0.4 is 16.4 Å². The molecule has 0 saturated carbocycles. The molecule has 188 valence electrons. The van der Waals surface area contributed by atoms with Crippen molar-refractivity contribution >= 4 is 29.9 Å². The van der Waals surface area contributed by atoms with Crippen molar-refractivity contribution in [3.8, 4) is 0 Å². The molecule has 2 aromatic carbocycles. The number of hydrogen-bond donors (Lipinski definition) is 3. The van der Waals surface area contributed by atoms with E-state index in [1.165, 1.54) is 0 Å². The topological polar surface area (TPSA) is 111 Å². The van der Waals surface area contributed by atoms with Crippen LogP contribution in [-0.2, 0) is 19.7 Å². The number of aldehydes is 1. The van der Waals surface area contributed by atoms with Crippen molar-refractivity contribution < 1.29 is 19.1 Å². The monoisotopic (exact) mass is 499 g/mol. The quantitative estimate of drug-likeness (QED) is 0.405. The van der Waals surface area contributed by atoms with E-state index < -0.39 is 29.7 Å². The Morgan fingerprint density at radius 3 is 2.54 bits per heavy atom. The average Bonchev–Trinajstić information content (AvgIpc) is 3.22. The fourth-order valence-electron chi connectivity index (χ4n) is 5.15. The van der Waals surface area contributed by atoms with Crippen LogP contribution in [-0.4, -0.2) is 43.0 Å². The SMILES string of the molecule is CC(OC(N)=O)C(NC(C=O)C[C@@H]1CCNC1=O)C(c1ccccc1)C(C)(C)c1cccc(Cl)c1. The first-order chi connectivity index (χ1) is 16.6. The van der Waals surface area contributed by atoms with Crippen molar-refractivity contribution in [3.05, 3.63) is 70.7 Å². The second-order valence-corrected chi connectivity index (χ2v) is 10.1. The van der Waals surface area contributed by atoms with E-state index in [1.807, 2.05) is 54.6 Å². The van der Waals surface area contributed by atoms with E-state index in [2.05, 4.69) is 24.5 Å². The van der Waals surface area contributed by atoms with Gasteiger partial charge in [0.15, 0.2) is 0 Å². The molecule has 7 nitrogen and oxygen atoms in total. The minimum atomic E-state index is -0.894. The number of hydrogen-bond acceptors (Lipinski definition) is 5. The van der Waals surface area contributed by atoms with Crippen molar-refractivity contribution in [2.24, 2.45) is 11.7 Å². The Balaban J connectivity index is 2.06. The molecule has 0 bridgehead atoms. The van der Waals surface area contributed by atoms with Crippen LogP contribution in [0.1, 0.15) is 50.7 Å². The summed E-state index contributed by atoms with van der Waals surface area (Å²) in [4.78, 5) is 36.1. The number of benzene rings is 2. The molecule has 2 aromatic rings. The lowest BCUT2D eigenvalue weighted by Gasteiger charge is -2.43. The summed E-state index contributed by atoms with van der Waals surface area (Å²) in [6, 6.07) is 16.4. The molecule has 4 N–H and O–H groups in total. The van der Waals surface area contributed by atoms with Crippen molar-refractivity contribution in [1.82, 2.24) is 10.6 Å². The van der Waals surface area contributed by atoms with Crippen LogP contribution in [0.4, 0.5) is 4.79 Å². The Labute approximate surface area is 211 Å². The fourth-order valence-corrected chi connectivity index (χ4v) is 5.34. The Kier molecular flexibility index (Phi) is 8.92. The zero-order chi connectivity index (χ0) is 25.6. The summed E-state index contributed by atoms with van der Waals surface area (Å²) in [7, 11) is 0. The smallest absolute Gasteiger partial charge is 0.404 e. The third-order valence-corrected chi connectivity index (χ3v) is 7.18. The summed E-state index contributed by atoms with van der Waals surface area (Å²) in [6.45, 7) is 6.56. The fraction of sp³-hybridized carbons (Fsp3) is 0.444. The second-order valence-electron chi connectivity index (χ2n) is 9.71. The van der Waals surface area contributed by atoms with Gasteiger partial charge in [-0.25, -0.2) is 4.79 Å². The lowest BCUT2D eigenvalue weighted by molar-refractivity contribution is -0.123. The van der Waals surface area contributed by atoms with E-state index in [0.29, 0.717) is 24.4 Å². The predicted octanol–water partition coefficient (Wildman–Crippen LogP) is 3.94. The number of primary amides is 1. The second kappa shape index (κ2) is 11.7. The van der Waals surface area contributed by atoms with Crippen LogP contribution in [0.25, 0.3) is 0 Å². The number of carbonyl (C=O) groups excluding carboxylic acids is 3. The summed E-state index contributed by atoms with van der Waals surface area (Å²) in [6.07, 6.45) is 0.294. The number of amides is 2. The van der Waals surface area contributed by atoms with Gasteiger partial charge in [-0.1, -0.05) is 67.9 Å². The number of nitrogens with one attached hydrogen (secondary N) is 2. The van der Waals surface area contributed by atoms with Gasteiger partial charge in [0.1, 0.15) is 12.4 Å². The molecular formula is C27H34ClN3O4. The van der Waals surface area contributed by atoms with Gasteiger partial charge in [0, 0.05) is 23.4 Å². The van der Waals surface area contributed by atoms with E-state index in [1.54, 1.807) is 6.92 Å². The Morgan fingerprint density at radius 1 is 1.26 bits per heavy atom. The highest BCUT2D eigenvalue weighted by Gasteiger charge is 2.43. The lowest BCUT2D eigenvalue weighted by atomic mass is 9.66. The molecule has 0 spiro atoms. The van der Waals surface area contributed by atoms with Crippen LogP contribution >= 0.6 is 11.6 Å². The first-order valence-electron chi connectivity index (χ1n) is 11.9. The molecule has 8 heteroatoms. The Morgan fingerprint density at radius 2 is 1.97 bits per heavy atom. The third kappa shape index (κ3) is 6.61. The van der Waals surface area contributed by atoms with E-state index in [9.17, 15) is 14.4 Å². The Bertz CT molecular complexity index is 1030. The number of rotatable bonds is 11. The maximum Gasteiger partial charge on any atom is 0.404 e. The van der Waals surface area contributed by atoms with Crippen LogP contribution in [0.3, 0.4) is 0 Å². The molecule has 5 atom stereocenters. The van der Waals surface area contributed by atoms with E-state index in [-0.39, 0.29) is 17.7 Å². The molecule has 1 aliphatic rings. The summed E-state index contributed by atoms with van der Waals surface area (Å²) in [5.41, 5.74) is 6.89. The number of ether oxygens (including phenoxy) is 1. The van der Waals surface area contributed by atoms with E-state index in [4.69, 9.17) is 22.1 Å². The predicted molar refractivity (Wildman–Crippen MR) is 136 cm³/mol. The standard InChI is InChI=1S/C27H34ClN3O4/c1-17(35-26(29)34)24(31-22(16-32)14-19-12-13-30-25(19)33)23(18-8-5-4-6-9-18)27(2,3)20-10-7-11-21(28)15-20/h4-11,15-17,19,22-24,31H,12-14H2,1-3H3,(H2,29,34)(H,30,33)/t17?,19-,22?,23?,24?/m0/s1. The minimum Gasteiger partial charge on any atom is -0.445 e. The molecule has 1 saturated heterocycles. The molecule has 1 fully saturated rings. The zero-order valence-electron chi connectivity index (χ0n) is 20.4. The highest BCUT2D eigenvalue weighted by Crippen LogP contribution is 2.43. The zero-order valence-corrected chi connectivity index (χ0v) is 21.1. The van der Waals surface area contributed by atoms with Gasteiger partial charge >= 0.3 is 6.09 Å². The summed E-state index contributed by atoms with van der Waals surface area (Å²) in [5, 5.41) is 6.87. The Hall–Kier alpha value is -2.90. The maximum atomic E-state index is 12.2. The van der Waals surface area contributed by atoms with Crippen LogP contribution in [0.5, 0.6) is 0 Å². The molecule has 35 heavy (non-hydrogen) atoms. The van der Waals surface area contributed by atoms with Crippen LogP contribution in [0.15, 0.2) is 54.6 Å². The maximum absolute atomic E-state index is 12.2. The van der Waals surface area contributed by atoms with Crippen molar-refractivity contribution in [3.63, 3.8) is 0 Å². The van der Waals surface area contributed by atoms with Gasteiger partial charge in [0.2, 0.25) is 5.91 Å². The molecule has 4 unspecified atom stereocenters. The molecule has 3 rings (SSSR count). The lowest BCUT2D eigenvalue weighted by Crippen LogP contribution is -2.54. The first kappa shape index (κ1) is 26.7. The number of carbonyl (C=O) groups is 3. The van der Waals surface area contributed by atoms with Gasteiger partial charge in [0.05, 0.1) is 12.1 Å². The van der Waals surface area contributed by atoms with Crippen molar-refractivity contribution in [1.29, 1.82) is 0 Å². The van der Waals surface area contributed by atoms with E-state index >= 15 is 0 Å². The number of halogens is 1. The summed E-state index contributed by atoms with van der Waals surface area (Å²) >= 11 is 6.34. The highest BCUT2D eigenvalue weighted by atomic mass is 35.5. The third-order valence-electron chi connectivity index (χ3n) is 6.94. The average molecular weight is 500 g/mol. The molecular weight excluding hydrogens is 466 g/mol. The van der Waals surface area contributed by atoms with Gasteiger partial charge in [-0.3, -0.25) is 4.79 Å². The molecule has 2 amide bonds. The molecule has 1 heterocycles. The van der Waals surface area contributed by atoms with Gasteiger partial charge in [-0.05, 0) is 48.4 Å². The molecule has 0 aromatic heterocycles. The first-order valence-corrected chi connectivity index (χ1v) is 12.3. The summed E-state index contributed by atoms with van der Waals surface area (Å²) in [5.74, 6) is -0.547. The van der Waals surface area contributed by atoms with Gasteiger partial charge in [-0.15, -0.1) is 0 Å². The largest absolute Gasteiger partial charge is 0.445 e. The van der Waals surface area contributed by atoms with Crippen LogP contribution in [0, 0.1) is 5.92 Å². The van der Waals surface area contributed by atoms with E-state index in [0.717, 1.165) is 17.4 Å². The van der Waals surface area contributed by atoms with Crippen molar-refractivity contribution in [2.75, 3.05) is 6.54 Å². The molecule has 1 aliphatic heterocycles. The number of nitrogens with two attached hydrogens (primary N) is 1. The minimum absolute atomic E-state index is 0.0458. The molecule has 0 aliphatic carbocycles. The molecule has 0 radical (unpaired) electrons. The highest BCUT2D eigenvalue weighted by molar-refractivity contribution is 6.30.